The van der Waals surface area contributed by atoms with Gasteiger partial charge in [-0.2, -0.15) is 0 Å². The van der Waals surface area contributed by atoms with E-state index in [1.54, 1.807) is 0 Å². The second kappa shape index (κ2) is 8.40. The van der Waals surface area contributed by atoms with E-state index in [1.807, 2.05) is 0 Å². The molecule has 3 heteroatoms. The maximum Gasteiger partial charge on any atom is 0.0593 e. The molecular weight excluding hydrogens is 248 g/mol. The summed E-state index contributed by atoms with van der Waals surface area (Å²) in [7, 11) is 0. The zero-order chi connectivity index (χ0) is 14.2. The molecule has 1 heterocycles. The Kier molecular flexibility index (Phi) is 6.51. The van der Waals surface area contributed by atoms with E-state index in [0.717, 1.165) is 39.3 Å². The zero-order valence-corrected chi connectivity index (χ0v) is 12.8. The highest BCUT2D eigenvalue weighted by molar-refractivity contribution is 5.20. The van der Waals surface area contributed by atoms with Gasteiger partial charge in [0.05, 0.1) is 6.61 Å². The SMILES string of the molecule is CCCOCCN1CC(CC)NCC1c1ccccc1. The van der Waals surface area contributed by atoms with Crippen LogP contribution in [0.4, 0.5) is 0 Å². The van der Waals surface area contributed by atoms with E-state index < -0.39 is 0 Å². The Hall–Kier alpha value is -0.900. The second-order valence-corrected chi connectivity index (χ2v) is 5.55. The highest BCUT2D eigenvalue weighted by atomic mass is 16.5. The molecule has 1 aliphatic rings. The van der Waals surface area contributed by atoms with E-state index in [1.165, 1.54) is 12.0 Å². The maximum atomic E-state index is 5.68. The van der Waals surface area contributed by atoms with Gasteiger partial charge in [-0.15, -0.1) is 0 Å². The lowest BCUT2D eigenvalue weighted by molar-refractivity contribution is 0.0647. The first-order valence-electron chi connectivity index (χ1n) is 7.95. The molecule has 0 spiro atoms. The van der Waals surface area contributed by atoms with E-state index in [0.29, 0.717) is 12.1 Å². The van der Waals surface area contributed by atoms with Crippen LogP contribution >= 0.6 is 0 Å². The summed E-state index contributed by atoms with van der Waals surface area (Å²) in [6.07, 6.45) is 2.29. The summed E-state index contributed by atoms with van der Waals surface area (Å²) < 4.78 is 5.68. The summed E-state index contributed by atoms with van der Waals surface area (Å²) in [5, 5.41) is 3.67. The topological polar surface area (TPSA) is 24.5 Å². The first-order chi connectivity index (χ1) is 9.85. The number of ether oxygens (including phenoxy) is 1. The van der Waals surface area contributed by atoms with E-state index in [9.17, 15) is 0 Å². The fourth-order valence-corrected chi connectivity index (χ4v) is 2.83. The average molecular weight is 276 g/mol. The predicted molar refractivity (Wildman–Crippen MR) is 83.9 cm³/mol. The summed E-state index contributed by atoms with van der Waals surface area (Å²) >= 11 is 0. The van der Waals surface area contributed by atoms with Crippen molar-refractivity contribution in [2.45, 2.75) is 38.8 Å². The molecule has 0 aliphatic carbocycles. The molecule has 1 aromatic rings. The van der Waals surface area contributed by atoms with Gasteiger partial charge in [0.1, 0.15) is 0 Å². The van der Waals surface area contributed by atoms with Crippen molar-refractivity contribution >= 4 is 0 Å². The van der Waals surface area contributed by atoms with E-state index in [-0.39, 0.29) is 0 Å². The van der Waals surface area contributed by atoms with E-state index in [4.69, 9.17) is 4.74 Å². The lowest BCUT2D eigenvalue weighted by Gasteiger charge is -2.40. The Morgan fingerprint density at radius 2 is 2.00 bits per heavy atom. The molecule has 0 aromatic heterocycles. The lowest BCUT2D eigenvalue weighted by Crippen LogP contribution is -2.52. The summed E-state index contributed by atoms with van der Waals surface area (Å²) in [5.74, 6) is 0. The van der Waals surface area contributed by atoms with Crippen molar-refractivity contribution in [2.75, 3.05) is 32.8 Å². The molecule has 0 bridgehead atoms. The summed E-state index contributed by atoms with van der Waals surface area (Å²) in [5.41, 5.74) is 1.41. The number of hydrogen-bond donors (Lipinski definition) is 1. The van der Waals surface area contributed by atoms with Gasteiger partial charge in [0.15, 0.2) is 0 Å². The molecule has 2 unspecified atom stereocenters. The first-order valence-corrected chi connectivity index (χ1v) is 7.95. The standard InChI is InChI=1S/C17H28N2O/c1-3-11-20-12-10-19-14-16(4-2)18-13-17(19)15-8-6-5-7-9-15/h5-9,16-18H,3-4,10-14H2,1-2H3. The minimum atomic E-state index is 0.476. The van der Waals surface area contributed by atoms with Crippen LogP contribution in [0.15, 0.2) is 30.3 Å². The monoisotopic (exact) mass is 276 g/mol. The van der Waals surface area contributed by atoms with Crippen molar-refractivity contribution in [2.24, 2.45) is 0 Å². The molecule has 1 N–H and O–H groups in total. The minimum Gasteiger partial charge on any atom is -0.380 e. The fourth-order valence-electron chi connectivity index (χ4n) is 2.83. The number of rotatable bonds is 7. The molecule has 20 heavy (non-hydrogen) atoms. The number of piperazine rings is 1. The van der Waals surface area contributed by atoms with Crippen LogP contribution in [0.2, 0.25) is 0 Å². The van der Waals surface area contributed by atoms with E-state index in [2.05, 4.69) is 54.4 Å². The second-order valence-electron chi connectivity index (χ2n) is 5.55. The molecule has 2 rings (SSSR count). The Labute approximate surface area is 123 Å². The highest BCUT2D eigenvalue weighted by Crippen LogP contribution is 2.23. The maximum absolute atomic E-state index is 5.68. The molecule has 1 saturated heterocycles. The number of benzene rings is 1. The molecule has 0 amide bonds. The smallest absolute Gasteiger partial charge is 0.0593 e. The third-order valence-electron chi connectivity index (χ3n) is 4.04. The van der Waals surface area contributed by atoms with Gasteiger partial charge in [0.2, 0.25) is 0 Å². The molecular formula is C17H28N2O. The number of hydrogen-bond acceptors (Lipinski definition) is 3. The first kappa shape index (κ1) is 15.5. The van der Waals surface area contributed by atoms with Crippen LogP contribution in [0.1, 0.15) is 38.3 Å². The third kappa shape index (κ3) is 4.30. The Morgan fingerprint density at radius 1 is 1.20 bits per heavy atom. The van der Waals surface area contributed by atoms with Crippen LogP contribution in [0.3, 0.4) is 0 Å². The van der Waals surface area contributed by atoms with Crippen LogP contribution in [0, 0.1) is 0 Å². The van der Waals surface area contributed by atoms with Gasteiger partial charge < -0.3 is 10.1 Å². The molecule has 112 valence electrons. The molecule has 1 aliphatic heterocycles. The van der Waals surface area contributed by atoms with Crippen molar-refractivity contribution < 1.29 is 4.74 Å². The molecule has 1 fully saturated rings. The van der Waals surface area contributed by atoms with Gasteiger partial charge in [-0.1, -0.05) is 44.2 Å². The van der Waals surface area contributed by atoms with Crippen molar-refractivity contribution in [1.29, 1.82) is 0 Å². The van der Waals surface area contributed by atoms with Crippen LogP contribution in [0.25, 0.3) is 0 Å². The summed E-state index contributed by atoms with van der Waals surface area (Å²) in [4.78, 5) is 2.58. The van der Waals surface area contributed by atoms with E-state index >= 15 is 0 Å². The number of nitrogens with one attached hydrogen (secondary N) is 1. The molecule has 3 nitrogen and oxygen atoms in total. The van der Waals surface area contributed by atoms with Crippen molar-refractivity contribution in [1.82, 2.24) is 10.2 Å². The quantitative estimate of drug-likeness (QED) is 0.775. The van der Waals surface area contributed by atoms with Crippen LogP contribution < -0.4 is 5.32 Å². The molecule has 1 aromatic carbocycles. The lowest BCUT2D eigenvalue weighted by atomic mass is 10.0. The Morgan fingerprint density at radius 3 is 2.70 bits per heavy atom. The fraction of sp³-hybridized carbons (Fsp3) is 0.647. The highest BCUT2D eigenvalue weighted by Gasteiger charge is 2.27. The zero-order valence-electron chi connectivity index (χ0n) is 12.8. The van der Waals surface area contributed by atoms with Gasteiger partial charge in [-0.3, -0.25) is 4.90 Å². The van der Waals surface area contributed by atoms with Gasteiger partial charge in [0.25, 0.3) is 0 Å². The van der Waals surface area contributed by atoms with Crippen LogP contribution in [-0.4, -0.2) is 43.8 Å². The van der Waals surface area contributed by atoms with Crippen molar-refractivity contribution in [3.05, 3.63) is 35.9 Å². The van der Waals surface area contributed by atoms with Crippen LogP contribution in [0.5, 0.6) is 0 Å². The van der Waals surface area contributed by atoms with Gasteiger partial charge in [0, 0.05) is 38.3 Å². The normalized spacial score (nSPS) is 23.9. The predicted octanol–water partition coefficient (Wildman–Crippen LogP) is 2.84. The van der Waals surface area contributed by atoms with Crippen molar-refractivity contribution in [3.63, 3.8) is 0 Å². The summed E-state index contributed by atoms with van der Waals surface area (Å²) in [6.45, 7) is 9.31. The van der Waals surface area contributed by atoms with Crippen LogP contribution in [-0.2, 0) is 4.74 Å². The minimum absolute atomic E-state index is 0.476. The third-order valence-corrected chi connectivity index (χ3v) is 4.04. The molecule has 0 saturated carbocycles. The molecule has 0 radical (unpaired) electrons. The Bertz CT molecular complexity index is 369. The molecule has 2 atom stereocenters. The van der Waals surface area contributed by atoms with Gasteiger partial charge >= 0.3 is 0 Å². The van der Waals surface area contributed by atoms with Gasteiger partial charge in [-0.05, 0) is 18.4 Å². The Balaban J connectivity index is 1.96. The largest absolute Gasteiger partial charge is 0.380 e. The van der Waals surface area contributed by atoms with Gasteiger partial charge in [-0.25, -0.2) is 0 Å². The number of nitrogens with zero attached hydrogens (tertiary/aromatic N) is 1. The average Bonchev–Trinajstić information content (AvgIpc) is 2.52. The van der Waals surface area contributed by atoms with Crippen molar-refractivity contribution in [3.8, 4) is 0 Å². The summed E-state index contributed by atoms with van der Waals surface area (Å²) in [6, 6.07) is 11.9.